The van der Waals surface area contributed by atoms with E-state index in [1.807, 2.05) is 6.19 Å². The van der Waals surface area contributed by atoms with Crippen molar-refractivity contribution < 1.29 is 0 Å². The number of hydrogen-bond donors (Lipinski definition) is 1. The second-order valence-corrected chi connectivity index (χ2v) is 4.67. The Kier molecular flexibility index (Phi) is 4.35. The minimum absolute atomic E-state index is 0.220. The number of nitrogens with one attached hydrogen (secondary N) is 1. The monoisotopic (exact) mass is 241 g/mol. The van der Waals surface area contributed by atoms with Crippen LogP contribution in [-0.2, 0) is 6.42 Å². The first-order valence-electron chi connectivity index (χ1n) is 6.64. The van der Waals surface area contributed by atoms with Gasteiger partial charge < -0.3 is 0 Å². The number of aryl methyl sites for hydroxylation is 1. The number of aliphatic imine (C=N–C) groups is 1. The van der Waals surface area contributed by atoms with Crippen LogP contribution >= 0.6 is 0 Å². The highest BCUT2D eigenvalue weighted by Gasteiger charge is 2.19. The standard InChI is InChI=1S/C15H19N3/c1-2-6-15(17-11-16)18-14-10-5-8-12-7-3-4-9-13(12)14/h3-4,7,9,14H,2,5-6,8,10H2,1H3,(H,17,18)/t14-/m1/s1. The van der Waals surface area contributed by atoms with Crippen LogP contribution in [0.25, 0.3) is 0 Å². The van der Waals surface area contributed by atoms with Crippen LogP contribution in [0.2, 0.25) is 0 Å². The van der Waals surface area contributed by atoms with Gasteiger partial charge in [0.15, 0.2) is 6.19 Å². The van der Waals surface area contributed by atoms with E-state index in [2.05, 4.69) is 36.5 Å². The summed E-state index contributed by atoms with van der Waals surface area (Å²) in [5, 5.41) is 11.5. The molecule has 3 heteroatoms. The Hall–Kier alpha value is -1.82. The van der Waals surface area contributed by atoms with Crippen LogP contribution in [0.3, 0.4) is 0 Å². The average molecular weight is 241 g/mol. The van der Waals surface area contributed by atoms with E-state index >= 15 is 0 Å². The van der Waals surface area contributed by atoms with Crippen LogP contribution in [0.1, 0.15) is 49.8 Å². The van der Waals surface area contributed by atoms with Crippen molar-refractivity contribution in [2.75, 3.05) is 0 Å². The Morgan fingerprint density at radius 3 is 3.11 bits per heavy atom. The maximum atomic E-state index is 8.75. The summed E-state index contributed by atoms with van der Waals surface area (Å²) < 4.78 is 0. The molecule has 1 aromatic rings. The minimum Gasteiger partial charge on any atom is -0.281 e. The highest BCUT2D eigenvalue weighted by molar-refractivity contribution is 5.83. The third kappa shape index (κ3) is 2.89. The predicted octanol–water partition coefficient (Wildman–Crippen LogP) is 3.33. The number of nitrogens with zero attached hydrogens (tertiary/aromatic N) is 2. The molecule has 1 N–H and O–H groups in total. The Morgan fingerprint density at radius 1 is 1.50 bits per heavy atom. The minimum atomic E-state index is 0.220. The molecule has 0 radical (unpaired) electrons. The molecule has 0 unspecified atom stereocenters. The summed E-state index contributed by atoms with van der Waals surface area (Å²) in [4.78, 5) is 4.74. The van der Waals surface area contributed by atoms with Gasteiger partial charge in [-0.1, -0.05) is 31.2 Å². The Labute approximate surface area is 109 Å². The third-order valence-corrected chi connectivity index (χ3v) is 3.34. The number of nitriles is 1. The molecule has 0 saturated heterocycles. The number of hydrogen-bond acceptors (Lipinski definition) is 2. The molecule has 3 nitrogen and oxygen atoms in total. The molecule has 2 rings (SSSR count). The number of rotatable bonds is 3. The highest BCUT2D eigenvalue weighted by atomic mass is 15.0. The zero-order chi connectivity index (χ0) is 12.8. The van der Waals surface area contributed by atoms with Crippen molar-refractivity contribution in [3.05, 3.63) is 35.4 Å². The third-order valence-electron chi connectivity index (χ3n) is 3.34. The van der Waals surface area contributed by atoms with Crippen molar-refractivity contribution in [1.82, 2.24) is 5.32 Å². The van der Waals surface area contributed by atoms with Gasteiger partial charge in [-0.05, 0) is 36.8 Å². The van der Waals surface area contributed by atoms with Gasteiger partial charge in [-0.15, -0.1) is 0 Å². The molecule has 1 aliphatic rings. The SMILES string of the molecule is CCCC(=N[C@@H]1CCCc2ccccc21)NC#N. The lowest BCUT2D eigenvalue weighted by molar-refractivity contribution is 0.569. The van der Waals surface area contributed by atoms with Crippen molar-refractivity contribution in [2.24, 2.45) is 4.99 Å². The first-order valence-corrected chi connectivity index (χ1v) is 6.64. The molecule has 0 aliphatic heterocycles. The van der Waals surface area contributed by atoms with Crippen LogP contribution in [0.4, 0.5) is 0 Å². The quantitative estimate of drug-likeness (QED) is 0.382. The van der Waals surface area contributed by atoms with Gasteiger partial charge in [0.05, 0.1) is 6.04 Å². The molecule has 1 aromatic carbocycles. The lowest BCUT2D eigenvalue weighted by Gasteiger charge is -2.23. The predicted molar refractivity (Wildman–Crippen MR) is 73.2 cm³/mol. The summed E-state index contributed by atoms with van der Waals surface area (Å²) in [6.45, 7) is 2.10. The summed E-state index contributed by atoms with van der Waals surface area (Å²) in [5.74, 6) is 0.821. The van der Waals surface area contributed by atoms with Crippen LogP contribution in [0.5, 0.6) is 0 Å². The second kappa shape index (κ2) is 6.20. The van der Waals surface area contributed by atoms with Crippen LogP contribution in [0.15, 0.2) is 29.3 Å². The Morgan fingerprint density at radius 2 is 2.33 bits per heavy atom. The molecule has 1 aliphatic carbocycles. The summed E-state index contributed by atoms with van der Waals surface area (Å²) in [5.41, 5.74) is 2.74. The molecular weight excluding hydrogens is 222 g/mol. The second-order valence-electron chi connectivity index (χ2n) is 4.67. The molecule has 0 spiro atoms. The van der Waals surface area contributed by atoms with Gasteiger partial charge in [0.25, 0.3) is 0 Å². The van der Waals surface area contributed by atoms with E-state index in [1.54, 1.807) is 0 Å². The van der Waals surface area contributed by atoms with Crippen molar-refractivity contribution in [2.45, 2.75) is 45.1 Å². The van der Waals surface area contributed by atoms with E-state index in [1.165, 1.54) is 17.5 Å². The van der Waals surface area contributed by atoms with E-state index < -0.39 is 0 Å². The van der Waals surface area contributed by atoms with Crippen LogP contribution in [0, 0.1) is 11.5 Å². The van der Waals surface area contributed by atoms with Crippen molar-refractivity contribution in [3.63, 3.8) is 0 Å². The van der Waals surface area contributed by atoms with Crippen LogP contribution in [-0.4, -0.2) is 5.84 Å². The maximum Gasteiger partial charge on any atom is 0.182 e. The highest BCUT2D eigenvalue weighted by Crippen LogP contribution is 2.32. The normalized spacial score (nSPS) is 18.9. The maximum absolute atomic E-state index is 8.75. The van der Waals surface area contributed by atoms with E-state index in [9.17, 15) is 0 Å². The zero-order valence-corrected chi connectivity index (χ0v) is 10.8. The van der Waals surface area contributed by atoms with Gasteiger partial charge in [-0.3, -0.25) is 10.3 Å². The topological polar surface area (TPSA) is 48.2 Å². The fourth-order valence-corrected chi connectivity index (χ4v) is 2.51. The average Bonchev–Trinajstić information content (AvgIpc) is 2.40. The zero-order valence-electron chi connectivity index (χ0n) is 10.8. The molecular formula is C15H19N3. The molecule has 0 amide bonds. The van der Waals surface area contributed by atoms with Crippen LogP contribution < -0.4 is 5.32 Å². The molecule has 1 atom stereocenters. The summed E-state index contributed by atoms with van der Waals surface area (Å²) in [6, 6.07) is 8.74. The van der Waals surface area contributed by atoms with E-state index in [-0.39, 0.29) is 6.04 Å². The first kappa shape index (κ1) is 12.6. The first-order chi connectivity index (χ1) is 8.85. The van der Waals surface area contributed by atoms with Gasteiger partial charge in [0.2, 0.25) is 0 Å². The van der Waals surface area contributed by atoms with E-state index in [0.29, 0.717) is 0 Å². The lowest BCUT2D eigenvalue weighted by Crippen LogP contribution is -2.20. The number of amidine groups is 1. The van der Waals surface area contributed by atoms with Crippen molar-refractivity contribution >= 4 is 5.84 Å². The molecule has 94 valence electrons. The largest absolute Gasteiger partial charge is 0.281 e. The fourth-order valence-electron chi connectivity index (χ4n) is 2.51. The summed E-state index contributed by atoms with van der Waals surface area (Å²) in [7, 11) is 0. The molecule has 18 heavy (non-hydrogen) atoms. The van der Waals surface area contributed by atoms with Gasteiger partial charge in [-0.2, -0.15) is 5.26 Å². The smallest absolute Gasteiger partial charge is 0.182 e. The van der Waals surface area contributed by atoms with Gasteiger partial charge in [0, 0.05) is 6.42 Å². The summed E-state index contributed by atoms with van der Waals surface area (Å²) in [6.07, 6.45) is 7.23. The molecule has 0 fully saturated rings. The van der Waals surface area contributed by atoms with Crippen molar-refractivity contribution in [1.29, 1.82) is 5.26 Å². The molecule has 0 aromatic heterocycles. The van der Waals surface area contributed by atoms with Crippen molar-refractivity contribution in [3.8, 4) is 6.19 Å². The van der Waals surface area contributed by atoms with Gasteiger partial charge >= 0.3 is 0 Å². The fraction of sp³-hybridized carbons (Fsp3) is 0.467. The number of fused-ring (bicyclic) bond motifs is 1. The van der Waals surface area contributed by atoms with Gasteiger partial charge in [0.1, 0.15) is 5.84 Å². The van der Waals surface area contributed by atoms with Gasteiger partial charge in [-0.25, -0.2) is 0 Å². The molecule has 0 saturated carbocycles. The molecule has 0 heterocycles. The Balaban J connectivity index is 2.24. The summed E-state index contributed by atoms with van der Waals surface area (Å²) >= 11 is 0. The van der Waals surface area contributed by atoms with E-state index in [4.69, 9.17) is 10.3 Å². The van der Waals surface area contributed by atoms with E-state index in [0.717, 1.165) is 31.5 Å². The lowest BCUT2D eigenvalue weighted by atomic mass is 9.88. The molecule has 0 bridgehead atoms. The number of benzene rings is 1. The Bertz CT molecular complexity index is 471.